The number of aromatic nitrogens is 1. The van der Waals surface area contributed by atoms with Crippen LogP contribution in [0.25, 0.3) is 10.6 Å². The van der Waals surface area contributed by atoms with Crippen LogP contribution in [0.2, 0.25) is 0 Å². The molecule has 1 N–H and O–H groups in total. The largest absolute Gasteiger partial charge is 0.493 e. The van der Waals surface area contributed by atoms with Gasteiger partial charge in [0.1, 0.15) is 5.01 Å². The maximum atomic E-state index is 12.8. The number of methoxy groups -OCH3 is 2. The van der Waals surface area contributed by atoms with E-state index in [1.807, 2.05) is 41.8 Å². The van der Waals surface area contributed by atoms with Crippen molar-refractivity contribution in [3.05, 3.63) is 53.5 Å². The molecule has 3 aromatic rings. The van der Waals surface area contributed by atoms with E-state index in [0.717, 1.165) is 60.4 Å². The summed E-state index contributed by atoms with van der Waals surface area (Å²) < 4.78 is 10.7. The van der Waals surface area contributed by atoms with Crippen molar-refractivity contribution in [2.45, 2.75) is 13.3 Å². The zero-order valence-electron chi connectivity index (χ0n) is 19.3. The van der Waals surface area contributed by atoms with Gasteiger partial charge in [-0.15, -0.1) is 11.3 Å². The number of nitrogens with one attached hydrogen (secondary N) is 1. The molecule has 0 saturated carbocycles. The predicted octanol–water partition coefficient (Wildman–Crippen LogP) is 4.15. The van der Waals surface area contributed by atoms with Gasteiger partial charge < -0.3 is 24.6 Å². The number of likely N-dealkylation sites (N-methyl/N-ethyl adjacent to an activating group) is 1. The van der Waals surface area contributed by atoms with Crippen LogP contribution < -0.4 is 19.7 Å². The Bertz CT molecular complexity index is 1090. The molecule has 0 aliphatic carbocycles. The molecule has 2 aromatic carbocycles. The first kappa shape index (κ1) is 23.1. The lowest BCUT2D eigenvalue weighted by atomic mass is 10.2. The molecule has 8 heteroatoms. The number of amides is 1. The third-order valence-corrected chi connectivity index (χ3v) is 6.80. The second-order valence-electron chi connectivity index (χ2n) is 7.88. The minimum Gasteiger partial charge on any atom is -0.493 e. The molecular formula is C25H30N4O3S. The zero-order chi connectivity index (χ0) is 23.2. The van der Waals surface area contributed by atoms with Crippen LogP contribution in [-0.4, -0.2) is 62.7 Å². The molecule has 2 heterocycles. The topological polar surface area (TPSA) is 66.9 Å². The van der Waals surface area contributed by atoms with E-state index < -0.39 is 0 Å². The Morgan fingerprint density at radius 3 is 2.55 bits per heavy atom. The van der Waals surface area contributed by atoms with E-state index in [0.29, 0.717) is 11.5 Å². The van der Waals surface area contributed by atoms with E-state index in [2.05, 4.69) is 33.1 Å². The van der Waals surface area contributed by atoms with Crippen LogP contribution in [0.15, 0.2) is 47.8 Å². The van der Waals surface area contributed by atoms with Crippen LogP contribution in [0.3, 0.4) is 0 Å². The molecule has 0 radical (unpaired) electrons. The fourth-order valence-corrected chi connectivity index (χ4v) is 4.83. The summed E-state index contributed by atoms with van der Waals surface area (Å²) in [5, 5.41) is 5.87. The normalized spacial score (nSPS) is 14.2. The fraction of sp³-hybridized carbons (Fsp3) is 0.360. The van der Waals surface area contributed by atoms with Crippen LogP contribution in [0.1, 0.15) is 12.6 Å². The van der Waals surface area contributed by atoms with Gasteiger partial charge in [-0.2, -0.15) is 0 Å². The zero-order valence-corrected chi connectivity index (χ0v) is 20.2. The minimum absolute atomic E-state index is 0.0706. The molecule has 1 aliphatic heterocycles. The predicted molar refractivity (Wildman–Crippen MR) is 134 cm³/mol. The molecule has 1 amide bonds. The van der Waals surface area contributed by atoms with Gasteiger partial charge in [0.25, 0.3) is 0 Å². The van der Waals surface area contributed by atoms with Gasteiger partial charge in [-0.1, -0.05) is 19.1 Å². The molecule has 1 aliphatic rings. The van der Waals surface area contributed by atoms with Gasteiger partial charge in [0.05, 0.1) is 37.7 Å². The molecule has 1 fully saturated rings. The molecule has 0 bridgehead atoms. The number of hydrogen-bond donors (Lipinski definition) is 1. The summed E-state index contributed by atoms with van der Waals surface area (Å²) in [6.45, 7) is 7.26. The first-order valence-corrected chi connectivity index (χ1v) is 12.0. The van der Waals surface area contributed by atoms with Crippen LogP contribution >= 0.6 is 11.3 Å². The average molecular weight is 467 g/mol. The number of carbonyl (C=O) groups excluding carboxylic acids is 1. The van der Waals surface area contributed by atoms with E-state index >= 15 is 0 Å². The van der Waals surface area contributed by atoms with Gasteiger partial charge in [0, 0.05) is 37.1 Å². The number of benzene rings is 2. The first-order valence-electron chi connectivity index (χ1n) is 11.1. The number of para-hydroxylation sites is 2. The van der Waals surface area contributed by atoms with Gasteiger partial charge in [-0.3, -0.25) is 4.79 Å². The van der Waals surface area contributed by atoms with Crippen molar-refractivity contribution < 1.29 is 14.3 Å². The minimum atomic E-state index is -0.0706. The number of piperazine rings is 1. The van der Waals surface area contributed by atoms with Gasteiger partial charge >= 0.3 is 0 Å². The maximum absolute atomic E-state index is 12.8. The summed E-state index contributed by atoms with van der Waals surface area (Å²) in [7, 11) is 3.22. The highest BCUT2D eigenvalue weighted by Crippen LogP contribution is 2.33. The molecule has 174 valence electrons. The summed E-state index contributed by atoms with van der Waals surface area (Å²) in [4.78, 5) is 22.3. The Morgan fingerprint density at radius 2 is 1.82 bits per heavy atom. The Labute approximate surface area is 199 Å². The molecule has 0 atom stereocenters. The summed E-state index contributed by atoms with van der Waals surface area (Å²) in [5.74, 6) is 1.26. The highest BCUT2D eigenvalue weighted by molar-refractivity contribution is 7.13. The third-order valence-electron chi connectivity index (χ3n) is 5.86. The van der Waals surface area contributed by atoms with Gasteiger partial charge in [-0.25, -0.2) is 4.98 Å². The average Bonchev–Trinajstić information content (AvgIpc) is 3.32. The van der Waals surface area contributed by atoms with Crippen molar-refractivity contribution >= 4 is 28.6 Å². The van der Waals surface area contributed by atoms with E-state index in [1.165, 1.54) is 11.3 Å². The number of ether oxygens (including phenoxy) is 2. The number of nitrogens with zero attached hydrogens (tertiary/aromatic N) is 3. The van der Waals surface area contributed by atoms with Crippen LogP contribution in [-0.2, 0) is 11.2 Å². The highest BCUT2D eigenvalue weighted by Gasteiger charge is 2.19. The lowest BCUT2D eigenvalue weighted by molar-refractivity contribution is -0.115. The highest BCUT2D eigenvalue weighted by atomic mass is 32.1. The van der Waals surface area contributed by atoms with Gasteiger partial charge in [0.15, 0.2) is 11.5 Å². The van der Waals surface area contributed by atoms with Crippen LogP contribution in [0.4, 0.5) is 11.4 Å². The van der Waals surface area contributed by atoms with Crippen molar-refractivity contribution in [2.75, 3.05) is 57.2 Å². The second kappa shape index (κ2) is 10.7. The second-order valence-corrected chi connectivity index (χ2v) is 8.74. The molecule has 0 spiro atoms. The van der Waals surface area contributed by atoms with Crippen molar-refractivity contribution in [1.29, 1.82) is 0 Å². The molecule has 0 unspecified atom stereocenters. The van der Waals surface area contributed by atoms with Crippen molar-refractivity contribution in [1.82, 2.24) is 9.88 Å². The van der Waals surface area contributed by atoms with Gasteiger partial charge in [-0.05, 0) is 36.9 Å². The summed E-state index contributed by atoms with van der Waals surface area (Å²) in [6.07, 6.45) is 0.224. The van der Waals surface area contributed by atoms with E-state index in [-0.39, 0.29) is 12.3 Å². The lowest BCUT2D eigenvalue weighted by Gasteiger charge is -2.36. The monoisotopic (exact) mass is 466 g/mol. The van der Waals surface area contributed by atoms with Crippen molar-refractivity contribution in [3.63, 3.8) is 0 Å². The number of anilines is 2. The molecule has 33 heavy (non-hydrogen) atoms. The van der Waals surface area contributed by atoms with Crippen molar-refractivity contribution in [3.8, 4) is 22.1 Å². The molecule has 4 rings (SSSR count). The van der Waals surface area contributed by atoms with Crippen LogP contribution in [0, 0.1) is 0 Å². The van der Waals surface area contributed by atoms with Crippen molar-refractivity contribution in [2.24, 2.45) is 0 Å². The number of carbonyl (C=O) groups is 1. The molecule has 1 saturated heterocycles. The van der Waals surface area contributed by atoms with E-state index in [1.54, 1.807) is 14.2 Å². The first-order chi connectivity index (χ1) is 16.1. The molecule has 1 aromatic heterocycles. The number of rotatable bonds is 8. The molecule has 7 nitrogen and oxygen atoms in total. The summed E-state index contributed by atoms with van der Waals surface area (Å²) in [6, 6.07) is 13.7. The standard InChI is InChI=1S/C25H30N4O3S/c1-4-28-11-13-29(14-12-28)21-8-6-5-7-20(21)27-24(30)16-19-17-33-25(26-19)18-9-10-22(31-2)23(15-18)32-3/h5-10,15,17H,4,11-14,16H2,1-3H3,(H,27,30). The lowest BCUT2D eigenvalue weighted by Crippen LogP contribution is -2.46. The maximum Gasteiger partial charge on any atom is 0.230 e. The summed E-state index contributed by atoms with van der Waals surface area (Å²) >= 11 is 1.51. The van der Waals surface area contributed by atoms with E-state index in [9.17, 15) is 4.79 Å². The SMILES string of the molecule is CCN1CCN(c2ccccc2NC(=O)Cc2csc(-c3ccc(OC)c(OC)c3)n2)CC1. The fourth-order valence-electron chi connectivity index (χ4n) is 4.01. The third kappa shape index (κ3) is 5.46. The van der Waals surface area contributed by atoms with Crippen LogP contribution in [0.5, 0.6) is 11.5 Å². The van der Waals surface area contributed by atoms with Gasteiger partial charge in [0.2, 0.25) is 5.91 Å². The van der Waals surface area contributed by atoms with E-state index in [4.69, 9.17) is 9.47 Å². The quantitative estimate of drug-likeness (QED) is 0.538. The summed E-state index contributed by atoms with van der Waals surface area (Å²) in [5.41, 5.74) is 3.60. The number of thiazole rings is 1. The Morgan fingerprint density at radius 1 is 1.06 bits per heavy atom. The Hall–Kier alpha value is -3.10. The molecular weight excluding hydrogens is 436 g/mol. The Balaban J connectivity index is 1.42. The Kier molecular flexibility index (Phi) is 7.47. The number of hydrogen-bond acceptors (Lipinski definition) is 7. The smallest absolute Gasteiger partial charge is 0.230 e.